The molecule has 0 saturated heterocycles. The number of sulfonamides is 1. The number of nitrogens with zero attached hydrogens (tertiary/aromatic N) is 1. The number of benzene rings is 3. The van der Waals surface area contributed by atoms with Gasteiger partial charge in [-0.2, -0.15) is 30.6 Å². The number of carbonyl (C=O) groups is 1. The molecule has 0 bridgehead atoms. The van der Waals surface area contributed by atoms with Gasteiger partial charge in [-0.25, -0.2) is 12.8 Å². The number of hydrogen-bond acceptors (Lipinski definition) is 3. The Morgan fingerprint density at radius 2 is 1.41 bits per heavy atom. The van der Waals surface area contributed by atoms with Gasteiger partial charge in [-0.05, 0) is 48.5 Å². The van der Waals surface area contributed by atoms with E-state index >= 15 is 0 Å². The molecule has 0 aliphatic rings. The summed E-state index contributed by atoms with van der Waals surface area (Å²) in [5.41, 5.74) is -4.34. The zero-order valence-corrected chi connectivity index (χ0v) is 19.9. The molecule has 0 aliphatic carbocycles. The molecule has 14 heteroatoms. The van der Waals surface area contributed by atoms with Crippen LogP contribution in [0.15, 0.2) is 71.6 Å². The van der Waals surface area contributed by atoms with Crippen molar-refractivity contribution < 1.29 is 43.9 Å². The molecule has 3 aromatic rings. The zero-order valence-electron chi connectivity index (χ0n) is 18.4. The molecule has 0 aliphatic heterocycles. The van der Waals surface area contributed by atoms with Crippen LogP contribution >= 0.6 is 11.6 Å². The molecule has 3 aromatic carbocycles. The van der Waals surface area contributed by atoms with Crippen LogP contribution in [-0.2, 0) is 33.7 Å². The molecule has 0 spiro atoms. The summed E-state index contributed by atoms with van der Waals surface area (Å²) in [6, 6.07) is 10.2. The molecule has 0 atom stereocenters. The molecule has 5 nitrogen and oxygen atoms in total. The highest BCUT2D eigenvalue weighted by Gasteiger charge is 2.37. The van der Waals surface area contributed by atoms with Crippen LogP contribution in [0.25, 0.3) is 0 Å². The fourth-order valence-electron chi connectivity index (χ4n) is 3.19. The van der Waals surface area contributed by atoms with Crippen LogP contribution in [0.2, 0.25) is 5.02 Å². The summed E-state index contributed by atoms with van der Waals surface area (Å²) in [4.78, 5) is 12.3. The van der Waals surface area contributed by atoms with E-state index in [9.17, 15) is 43.9 Å². The molecule has 0 unspecified atom stereocenters. The van der Waals surface area contributed by atoms with Gasteiger partial charge >= 0.3 is 12.4 Å². The normalized spacial score (nSPS) is 12.6. The van der Waals surface area contributed by atoms with Crippen LogP contribution in [0.4, 0.5) is 36.4 Å². The number of hydrogen-bond donors (Lipinski definition) is 1. The molecule has 0 radical (unpaired) electrons. The number of nitrogens with one attached hydrogen (secondary N) is 1. The second-order valence-electron chi connectivity index (χ2n) is 7.66. The van der Waals surface area contributed by atoms with Crippen molar-refractivity contribution in [3.05, 3.63) is 94.3 Å². The van der Waals surface area contributed by atoms with Crippen molar-refractivity contribution >= 4 is 33.2 Å². The molecule has 1 N–H and O–H groups in total. The number of amides is 1. The van der Waals surface area contributed by atoms with Gasteiger partial charge in [-0.3, -0.25) is 4.79 Å². The lowest BCUT2D eigenvalue weighted by atomic mass is 10.1. The fourth-order valence-corrected chi connectivity index (χ4v) is 4.69. The van der Waals surface area contributed by atoms with E-state index in [-0.39, 0.29) is 33.7 Å². The van der Waals surface area contributed by atoms with Gasteiger partial charge in [0.1, 0.15) is 5.82 Å². The van der Waals surface area contributed by atoms with Gasteiger partial charge in [-0.1, -0.05) is 29.8 Å². The van der Waals surface area contributed by atoms with Crippen molar-refractivity contribution in [3.8, 4) is 0 Å². The largest absolute Gasteiger partial charge is 0.416 e. The van der Waals surface area contributed by atoms with E-state index in [1.54, 1.807) is 0 Å². The van der Waals surface area contributed by atoms with Gasteiger partial charge in [0.25, 0.3) is 0 Å². The average Bonchev–Trinajstić information content (AvgIpc) is 2.79. The first-order chi connectivity index (χ1) is 17.1. The minimum Gasteiger partial charge on any atom is -0.325 e. The van der Waals surface area contributed by atoms with Crippen molar-refractivity contribution in [1.82, 2.24) is 4.31 Å². The maximum atomic E-state index is 14.2. The first-order valence-corrected chi connectivity index (χ1v) is 12.0. The van der Waals surface area contributed by atoms with Gasteiger partial charge in [0, 0.05) is 22.8 Å². The maximum absolute atomic E-state index is 14.2. The van der Waals surface area contributed by atoms with Crippen molar-refractivity contribution in [1.29, 1.82) is 0 Å². The van der Waals surface area contributed by atoms with Crippen molar-refractivity contribution in [3.63, 3.8) is 0 Å². The third-order valence-corrected chi connectivity index (χ3v) is 7.01. The molecular formula is C23H16ClF7N2O3S. The Kier molecular flexibility index (Phi) is 8.20. The van der Waals surface area contributed by atoms with Gasteiger partial charge < -0.3 is 5.32 Å². The van der Waals surface area contributed by atoms with Gasteiger partial charge in [-0.15, -0.1) is 0 Å². The highest BCUT2D eigenvalue weighted by atomic mass is 35.5. The second kappa shape index (κ2) is 10.7. The highest BCUT2D eigenvalue weighted by Crippen LogP contribution is 2.37. The molecule has 0 saturated carbocycles. The lowest BCUT2D eigenvalue weighted by Gasteiger charge is -2.22. The minimum absolute atomic E-state index is 0.120. The van der Waals surface area contributed by atoms with Gasteiger partial charge in [0.05, 0.1) is 22.6 Å². The van der Waals surface area contributed by atoms with E-state index < -0.39 is 64.0 Å². The average molecular weight is 569 g/mol. The SMILES string of the molecule is O=C(CN(Cc1ccccc1F)S(=O)(=O)c1ccc(Cl)cc1)Nc1cc(C(F)(F)F)cc(C(F)(F)F)c1. The minimum atomic E-state index is -5.16. The molecule has 1 amide bonds. The van der Waals surface area contributed by atoms with Gasteiger partial charge in [0.2, 0.25) is 15.9 Å². The highest BCUT2D eigenvalue weighted by molar-refractivity contribution is 7.89. The van der Waals surface area contributed by atoms with Crippen LogP contribution < -0.4 is 5.32 Å². The number of alkyl halides is 6. The molecule has 198 valence electrons. The van der Waals surface area contributed by atoms with Crippen LogP contribution in [0.3, 0.4) is 0 Å². The molecule has 3 rings (SSSR count). The summed E-state index contributed by atoms with van der Waals surface area (Å²) >= 11 is 5.77. The fraction of sp³-hybridized carbons (Fsp3) is 0.174. The van der Waals surface area contributed by atoms with Crippen LogP contribution in [0, 0.1) is 5.82 Å². The molecular weight excluding hydrogens is 553 g/mol. The lowest BCUT2D eigenvalue weighted by molar-refractivity contribution is -0.143. The lowest BCUT2D eigenvalue weighted by Crippen LogP contribution is -2.37. The number of rotatable bonds is 7. The predicted molar refractivity (Wildman–Crippen MR) is 121 cm³/mol. The Morgan fingerprint density at radius 1 is 0.865 bits per heavy atom. The third kappa shape index (κ3) is 7.21. The Balaban J connectivity index is 1.96. The summed E-state index contributed by atoms with van der Waals surface area (Å²) in [5.74, 6) is -2.06. The van der Waals surface area contributed by atoms with Crippen LogP contribution in [0.5, 0.6) is 0 Å². The first kappa shape index (κ1) is 28.4. The van der Waals surface area contributed by atoms with Crippen molar-refractivity contribution in [2.45, 2.75) is 23.8 Å². The van der Waals surface area contributed by atoms with Crippen LogP contribution in [-0.4, -0.2) is 25.2 Å². The zero-order chi connectivity index (χ0) is 27.6. The second-order valence-corrected chi connectivity index (χ2v) is 10.0. The topological polar surface area (TPSA) is 66.5 Å². The molecule has 0 heterocycles. The molecule has 37 heavy (non-hydrogen) atoms. The van der Waals surface area contributed by atoms with E-state index in [0.717, 1.165) is 18.2 Å². The Labute approximate surface area is 211 Å². The number of halogens is 8. The summed E-state index contributed by atoms with van der Waals surface area (Å²) < 4.78 is 120. The van der Waals surface area contributed by atoms with E-state index in [2.05, 4.69) is 0 Å². The molecule has 0 fully saturated rings. The quantitative estimate of drug-likeness (QED) is 0.338. The summed E-state index contributed by atoms with van der Waals surface area (Å²) in [6.07, 6.45) is -10.3. The maximum Gasteiger partial charge on any atom is 0.416 e. The molecule has 0 aromatic heterocycles. The standard InChI is InChI=1S/C23H16ClF7N2O3S/c24-17-5-7-19(8-6-17)37(35,36)33(12-14-3-1-2-4-20(14)25)13-21(34)32-18-10-15(22(26,27)28)9-16(11-18)23(29,30)31/h1-11H,12-13H2,(H,32,34). The third-order valence-electron chi connectivity index (χ3n) is 4.95. The number of anilines is 1. The Bertz CT molecular complexity index is 1360. The van der Waals surface area contributed by atoms with Crippen LogP contribution in [0.1, 0.15) is 16.7 Å². The smallest absolute Gasteiger partial charge is 0.325 e. The Morgan fingerprint density at radius 3 is 1.92 bits per heavy atom. The first-order valence-electron chi connectivity index (χ1n) is 10.2. The monoisotopic (exact) mass is 568 g/mol. The van der Waals surface area contributed by atoms with E-state index in [1.165, 1.54) is 30.3 Å². The van der Waals surface area contributed by atoms with E-state index in [4.69, 9.17) is 11.6 Å². The van der Waals surface area contributed by atoms with E-state index in [0.29, 0.717) is 4.31 Å². The van der Waals surface area contributed by atoms with Gasteiger partial charge in [0.15, 0.2) is 0 Å². The Hall–Kier alpha value is -3.16. The summed E-state index contributed by atoms with van der Waals surface area (Å²) in [6.45, 7) is -1.72. The number of carbonyl (C=O) groups excluding carboxylic acids is 1. The summed E-state index contributed by atoms with van der Waals surface area (Å²) in [7, 11) is -4.50. The predicted octanol–water partition coefficient (Wildman–Crippen LogP) is 6.35. The van der Waals surface area contributed by atoms with Crippen molar-refractivity contribution in [2.75, 3.05) is 11.9 Å². The van der Waals surface area contributed by atoms with E-state index in [1.807, 2.05) is 5.32 Å². The summed E-state index contributed by atoms with van der Waals surface area (Å²) in [5, 5.41) is 2.07. The van der Waals surface area contributed by atoms with Crippen molar-refractivity contribution in [2.24, 2.45) is 0 Å².